The lowest BCUT2D eigenvalue weighted by Crippen LogP contribution is -2.44. The molecule has 0 radical (unpaired) electrons. The van der Waals surface area contributed by atoms with Gasteiger partial charge in [-0.15, -0.1) is 0 Å². The summed E-state index contributed by atoms with van der Waals surface area (Å²) in [5, 5.41) is 5.75. The fraction of sp³-hybridized carbons (Fsp3) is 0.429. The number of hydrogen-bond donors (Lipinski definition) is 2. The zero-order chi connectivity index (χ0) is 15.1. The van der Waals surface area contributed by atoms with Gasteiger partial charge in [0, 0.05) is 10.7 Å². The number of urea groups is 1. The lowest BCUT2D eigenvalue weighted by Gasteiger charge is -2.18. The zero-order valence-corrected chi connectivity index (χ0v) is 12.5. The number of anilines is 1. The zero-order valence-electron chi connectivity index (χ0n) is 11.8. The van der Waals surface area contributed by atoms with E-state index in [2.05, 4.69) is 15.4 Å². The van der Waals surface area contributed by atoms with E-state index in [1.807, 2.05) is 13.8 Å². The standard InChI is InChI=1S/C14H19ClN2O3/c1-9(2)7-12(13(18)20-3)17-14(19)16-11-6-4-5-10(15)8-11/h4-6,8-9,12H,7H2,1-3H3,(H2,16,17,19). The summed E-state index contributed by atoms with van der Waals surface area (Å²) >= 11 is 5.83. The van der Waals surface area contributed by atoms with E-state index >= 15 is 0 Å². The predicted molar refractivity (Wildman–Crippen MR) is 78.9 cm³/mol. The van der Waals surface area contributed by atoms with E-state index in [0.717, 1.165) is 0 Å². The molecule has 0 fully saturated rings. The molecule has 0 bridgehead atoms. The van der Waals surface area contributed by atoms with Crippen LogP contribution >= 0.6 is 11.6 Å². The Morgan fingerprint density at radius 1 is 1.35 bits per heavy atom. The Balaban J connectivity index is 2.64. The van der Waals surface area contributed by atoms with Gasteiger partial charge >= 0.3 is 12.0 Å². The first kappa shape index (κ1) is 16.3. The van der Waals surface area contributed by atoms with Crippen LogP contribution in [0.1, 0.15) is 20.3 Å². The van der Waals surface area contributed by atoms with Gasteiger partial charge in [0.25, 0.3) is 0 Å². The molecule has 6 heteroatoms. The highest BCUT2D eigenvalue weighted by atomic mass is 35.5. The van der Waals surface area contributed by atoms with Gasteiger partial charge in [-0.05, 0) is 30.5 Å². The van der Waals surface area contributed by atoms with Crippen LogP contribution < -0.4 is 10.6 Å². The fourth-order valence-corrected chi connectivity index (χ4v) is 1.91. The minimum Gasteiger partial charge on any atom is -0.467 e. The number of amides is 2. The van der Waals surface area contributed by atoms with Crippen molar-refractivity contribution in [1.29, 1.82) is 0 Å². The smallest absolute Gasteiger partial charge is 0.328 e. The number of halogens is 1. The highest BCUT2D eigenvalue weighted by Crippen LogP contribution is 2.15. The van der Waals surface area contributed by atoms with Gasteiger partial charge in [-0.2, -0.15) is 0 Å². The molecule has 0 spiro atoms. The Labute approximate surface area is 123 Å². The van der Waals surface area contributed by atoms with Crippen molar-refractivity contribution in [2.75, 3.05) is 12.4 Å². The first-order chi connectivity index (χ1) is 9.42. The van der Waals surface area contributed by atoms with Crippen molar-refractivity contribution in [3.05, 3.63) is 29.3 Å². The van der Waals surface area contributed by atoms with Gasteiger partial charge < -0.3 is 15.4 Å². The molecule has 0 aliphatic rings. The van der Waals surface area contributed by atoms with Gasteiger partial charge in [0.1, 0.15) is 6.04 Å². The number of hydrogen-bond acceptors (Lipinski definition) is 3. The van der Waals surface area contributed by atoms with Crippen molar-refractivity contribution in [2.24, 2.45) is 5.92 Å². The van der Waals surface area contributed by atoms with E-state index in [9.17, 15) is 9.59 Å². The van der Waals surface area contributed by atoms with E-state index in [-0.39, 0.29) is 5.92 Å². The van der Waals surface area contributed by atoms with Gasteiger partial charge in [0.05, 0.1) is 7.11 Å². The van der Waals surface area contributed by atoms with Gasteiger partial charge in [0.2, 0.25) is 0 Å². The van der Waals surface area contributed by atoms with Crippen LogP contribution in [0, 0.1) is 5.92 Å². The molecule has 0 heterocycles. The van der Waals surface area contributed by atoms with E-state index in [1.54, 1.807) is 24.3 Å². The number of ether oxygens (including phenoxy) is 1. The molecule has 0 aliphatic heterocycles. The summed E-state index contributed by atoms with van der Waals surface area (Å²) in [5.41, 5.74) is 0.558. The predicted octanol–water partition coefficient (Wildman–Crippen LogP) is 3.05. The third-order valence-electron chi connectivity index (χ3n) is 2.58. The van der Waals surface area contributed by atoms with E-state index < -0.39 is 18.0 Å². The number of benzene rings is 1. The minimum absolute atomic E-state index is 0.255. The van der Waals surface area contributed by atoms with Gasteiger partial charge in [-0.3, -0.25) is 0 Å². The van der Waals surface area contributed by atoms with Crippen LogP contribution in [0.4, 0.5) is 10.5 Å². The van der Waals surface area contributed by atoms with Crippen LogP contribution in [0.25, 0.3) is 0 Å². The van der Waals surface area contributed by atoms with Crippen molar-refractivity contribution in [2.45, 2.75) is 26.3 Å². The topological polar surface area (TPSA) is 67.4 Å². The minimum atomic E-state index is -0.667. The third-order valence-corrected chi connectivity index (χ3v) is 2.82. The second-order valence-corrected chi connectivity index (χ2v) is 5.25. The van der Waals surface area contributed by atoms with Crippen molar-refractivity contribution in [1.82, 2.24) is 5.32 Å². The Morgan fingerprint density at radius 3 is 2.60 bits per heavy atom. The number of nitrogens with one attached hydrogen (secondary N) is 2. The Kier molecular flexibility index (Phi) is 6.31. The number of rotatable bonds is 5. The van der Waals surface area contributed by atoms with Gasteiger partial charge in [-0.1, -0.05) is 31.5 Å². The van der Waals surface area contributed by atoms with E-state index in [1.165, 1.54) is 7.11 Å². The largest absolute Gasteiger partial charge is 0.467 e. The summed E-state index contributed by atoms with van der Waals surface area (Å²) in [6, 6.07) is 5.63. The molecule has 0 aliphatic carbocycles. The van der Waals surface area contributed by atoms with Crippen LogP contribution in [0.3, 0.4) is 0 Å². The SMILES string of the molecule is COC(=O)C(CC(C)C)NC(=O)Nc1cccc(Cl)c1. The molecule has 20 heavy (non-hydrogen) atoms. The van der Waals surface area contributed by atoms with Crippen molar-refractivity contribution in [3.63, 3.8) is 0 Å². The Morgan fingerprint density at radius 2 is 2.05 bits per heavy atom. The van der Waals surface area contributed by atoms with Crippen LogP contribution in [0.2, 0.25) is 5.02 Å². The summed E-state index contributed by atoms with van der Waals surface area (Å²) in [4.78, 5) is 23.5. The molecule has 0 aromatic heterocycles. The van der Waals surface area contributed by atoms with Crippen molar-refractivity contribution >= 4 is 29.3 Å². The maximum atomic E-state index is 11.9. The van der Waals surface area contributed by atoms with Crippen LogP contribution in [-0.4, -0.2) is 25.2 Å². The van der Waals surface area contributed by atoms with Crippen molar-refractivity contribution < 1.29 is 14.3 Å². The molecule has 1 aromatic rings. The number of carbonyl (C=O) groups excluding carboxylic acids is 2. The maximum Gasteiger partial charge on any atom is 0.328 e. The lowest BCUT2D eigenvalue weighted by atomic mass is 10.0. The normalized spacial score (nSPS) is 11.8. The van der Waals surface area contributed by atoms with Crippen molar-refractivity contribution in [3.8, 4) is 0 Å². The number of carbonyl (C=O) groups is 2. The molecule has 2 N–H and O–H groups in total. The summed E-state index contributed by atoms with van der Waals surface area (Å²) < 4.78 is 4.68. The van der Waals surface area contributed by atoms with Gasteiger partial charge in [0.15, 0.2) is 0 Å². The molecule has 1 rings (SSSR count). The average molecular weight is 299 g/mol. The molecular formula is C14H19ClN2O3. The molecule has 0 saturated carbocycles. The lowest BCUT2D eigenvalue weighted by molar-refractivity contribution is -0.143. The summed E-state index contributed by atoms with van der Waals surface area (Å²) in [6.45, 7) is 3.93. The number of esters is 1. The maximum absolute atomic E-state index is 11.9. The Bertz CT molecular complexity index is 477. The quantitative estimate of drug-likeness (QED) is 0.821. The molecule has 1 unspecified atom stereocenters. The second kappa shape index (κ2) is 7.75. The molecule has 2 amide bonds. The monoisotopic (exact) mass is 298 g/mol. The van der Waals surface area contributed by atoms with E-state index in [4.69, 9.17) is 11.6 Å². The van der Waals surface area contributed by atoms with E-state index in [0.29, 0.717) is 17.1 Å². The molecule has 1 atom stereocenters. The van der Waals surface area contributed by atoms with Crippen LogP contribution in [0.15, 0.2) is 24.3 Å². The second-order valence-electron chi connectivity index (χ2n) is 4.81. The summed E-state index contributed by atoms with van der Waals surface area (Å²) in [5.74, 6) is -0.203. The molecular weight excluding hydrogens is 280 g/mol. The number of methoxy groups -OCH3 is 1. The molecule has 0 saturated heterocycles. The first-order valence-corrected chi connectivity index (χ1v) is 6.71. The third kappa shape index (κ3) is 5.48. The molecule has 110 valence electrons. The highest BCUT2D eigenvalue weighted by molar-refractivity contribution is 6.30. The Hall–Kier alpha value is -1.75. The fourth-order valence-electron chi connectivity index (χ4n) is 1.72. The first-order valence-electron chi connectivity index (χ1n) is 6.33. The molecule has 5 nitrogen and oxygen atoms in total. The van der Waals surface area contributed by atoms with Crippen LogP contribution in [-0.2, 0) is 9.53 Å². The molecule has 1 aromatic carbocycles. The highest BCUT2D eigenvalue weighted by Gasteiger charge is 2.22. The summed E-state index contributed by atoms with van der Waals surface area (Å²) in [7, 11) is 1.30. The van der Waals surface area contributed by atoms with Gasteiger partial charge in [-0.25, -0.2) is 9.59 Å². The average Bonchev–Trinajstić information content (AvgIpc) is 2.36. The summed E-state index contributed by atoms with van der Waals surface area (Å²) in [6.07, 6.45) is 0.510. The van der Waals surface area contributed by atoms with Crippen LogP contribution in [0.5, 0.6) is 0 Å².